The molecule has 0 atom stereocenters. The highest BCUT2D eigenvalue weighted by atomic mass is 79.9. The molecule has 1 aromatic heterocycles. The summed E-state index contributed by atoms with van der Waals surface area (Å²) in [6.45, 7) is 5.95. The third-order valence-electron chi connectivity index (χ3n) is 2.74. The molecule has 0 bridgehead atoms. The lowest BCUT2D eigenvalue weighted by Crippen LogP contribution is -2.14. The molecule has 6 heteroatoms. The van der Waals surface area contributed by atoms with Gasteiger partial charge in [-0.05, 0) is 34.1 Å². The summed E-state index contributed by atoms with van der Waals surface area (Å²) in [5, 5.41) is 0.261. The molecule has 2 rings (SSSR count). The molecule has 0 unspecified atom stereocenters. The highest BCUT2D eigenvalue weighted by Gasteiger charge is 2.20. The Morgan fingerprint density at radius 3 is 2.40 bits per heavy atom. The smallest absolute Gasteiger partial charge is 0.173 e. The van der Waals surface area contributed by atoms with Gasteiger partial charge in [0.2, 0.25) is 0 Å². The zero-order chi connectivity index (χ0) is 15.1. The molecular formula is C14H12BrClF2N2. The Morgan fingerprint density at radius 2 is 1.80 bits per heavy atom. The first-order chi connectivity index (χ1) is 9.20. The highest BCUT2D eigenvalue weighted by Crippen LogP contribution is 2.32. The van der Waals surface area contributed by atoms with E-state index in [0.29, 0.717) is 5.56 Å². The van der Waals surface area contributed by atoms with Gasteiger partial charge in [0.1, 0.15) is 5.15 Å². The van der Waals surface area contributed by atoms with Crippen LogP contribution in [-0.2, 0) is 5.41 Å². The van der Waals surface area contributed by atoms with Crippen molar-refractivity contribution < 1.29 is 8.78 Å². The van der Waals surface area contributed by atoms with Crippen molar-refractivity contribution in [1.29, 1.82) is 0 Å². The second-order valence-electron chi connectivity index (χ2n) is 5.37. The van der Waals surface area contributed by atoms with Crippen LogP contribution in [0.2, 0.25) is 5.15 Å². The van der Waals surface area contributed by atoms with Gasteiger partial charge in [0.15, 0.2) is 17.5 Å². The minimum atomic E-state index is -0.969. The van der Waals surface area contributed by atoms with Gasteiger partial charge in [-0.2, -0.15) is 0 Å². The molecule has 0 aliphatic heterocycles. The first-order valence-corrected chi connectivity index (χ1v) is 7.06. The maximum Gasteiger partial charge on any atom is 0.173 e. The van der Waals surface area contributed by atoms with E-state index in [1.165, 1.54) is 6.07 Å². The van der Waals surface area contributed by atoms with Crippen LogP contribution in [0, 0.1) is 11.6 Å². The summed E-state index contributed by atoms with van der Waals surface area (Å²) in [4.78, 5) is 8.48. The number of rotatable bonds is 1. The molecule has 0 aliphatic rings. The van der Waals surface area contributed by atoms with Crippen molar-refractivity contribution in [2.75, 3.05) is 0 Å². The Kier molecular flexibility index (Phi) is 4.12. The van der Waals surface area contributed by atoms with Gasteiger partial charge in [-0.1, -0.05) is 32.4 Å². The maximum atomic E-state index is 13.6. The molecule has 0 radical (unpaired) electrons. The fourth-order valence-corrected chi connectivity index (χ4v) is 2.30. The molecule has 0 fully saturated rings. The van der Waals surface area contributed by atoms with Crippen LogP contribution in [0.5, 0.6) is 0 Å². The topological polar surface area (TPSA) is 25.8 Å². The molecule has 0 amide bonds. The number of hydrogen-bond donors (Lipinski definition) is 0. The van der Waals surface area contributed by atoms with Gasteiger partial charge in [0, 0.05) is 11.0 Å². The van der Waals surface area contributed by atoms with Crippen molar-refractivity contribution in [3.8, 4) is 11.4 Å². The van der Waals surface area contributed by atoms with E-state index in [1.807, 2.05) is 20.8 Å². The zero-order valence-corrected chi connectivity index (χ0v) is 13.5. The van der Waals surface area contributed by atoms with Gasteiger partial charge in [0.05, 0.1) is 10.2 Å². The van der Waals surface area contributed by atoms with Gasteiger partial charge >= 0.3 is 0 Å². The van der Waals surface area contributed by atoms with E-state index in [4.69, 9.17) is 11.6 Å². The summed E-state index contributed by atoms with van der Waals surface area (Å²) < 4.78 is 26.7. The summed E-state index contributed by atoms with van der Waals surface area (Å²) in [5.74, 6) is -1.64. The highest BCUT2D eigenvalue weighted by molar-refractivity contribution is 9.10. The first-order valence-electron chi connectivity index (χ1n) is 5.89. The molecule has 1 aromatic carbocycles. The molecule has 0 aliphatic carbocycles. The van der Waals surface area contributed by atoms with Crippen LogP contribution in [0.4, 0.5) is 8.78 Å². The fraction of sp³-hybridized carbons (Fsp3) is 0.286. The van der Waals surface area contributed by atoms with E-state index in [1.54, 1.807) is 6.07 Å². The fourth-order valence-electron chi connectivity index (χ4n) is 1.62. The van der Waals surface area contributed by atoms with Crippen LogP contribution in [0.1, 0.15) is 26.5 Å². The van der Waals surface area contributed by atoms with Crippen molar-refractivity contribution in [2.45, 2.75) is 26.2 Å². The lowest BCUT2D eigenvalue weighted by Gasteiger charge is -2.18. The van der Waals surface area contributed by atoms with Crippen molar-refractivity contribution in [1.82, 2.24) is 9.97 Å². The summed E-state index contributed by atoms with van der Waals surface area (Å²) in [6, 6.07) is 4.12. The van der Waals surface area contributed by atoms with Crippen molar-refractivity contribution in [3.05, 3.63) is 45.2 Å². The SMILES string of the molecule is CC(C)(C)c1cc(Cl)nc(-c2ccc(F)c(F)c2Br)n1. The minimum Gasteiger partial charge on any atom is -0.232 e. The minimum absolute atomic E-state index is 0.0142. The third kappa shape index (κ3) is 2.99. The zero-order valence-electron chi connectivity index (χ0n) is 11.1. The van der Waals surface area contributed by atoms with E-state index >= 15 is 0 Å². The Bertz CT molecular complexity index is 669. The Labute approximate surface area is 129 Å². The van der Waals surface area contributed by atoms with E-state index in [9.17, 15) is 8.78 Å². The lowest BCUT2D eigenvalue weighted by atomic mass is 9.92. The Balaban J connectivity index is 2.65. The second kappa shape index (κ2) is 5.37. The van der Waals surface area contributed by atoms with E-state index in [2.05, 4.69) is 25.9 Å². The van der Waals surface area contributed by atoms with Crippen LogP contribution in [-0.4, -0.2) is 9.97 Å². The molecule has 20 heavy (non-hydrogen) atoms. The Hall–Kier alpha value is -1.07. The van der Waals surface area contributed by atoms with Gasteiger partial charge in [-0.15, -0.1) is 0 Å². The number of halogens is 4. The largest absolute Gasteiger partial charge is 0.232 e. The summed E-state index contributed by atoms with van der Waals surface area (Å²) in [7, 11) is 0. The average molecular weight is 362 g/mol. The van der Waals surface area contributed by atoms with Crippen LogP contribution in [0.3, 0.4) is 0 Å². The summed E-state index contributed by atoms with van der Waals surface area (Å²) in [6.07, 6.45) is 0. The number of hydrogen-bond acceptors (Lipinski definition) is 2. The first kappa shape index (κ1) is 15.3. The van der Waals surface area contributed by atoms with Gasteiger partial charge in [-0.25, -0.2) is 18.7 Å². The van der Waals surface area contributed by atoms with Crippen LogP contribution in [0.15, 0.2) is 22.7 Å². The number of benzene rings is 1. The molecule has 0 N–H and O–H groups in total. The van der Waals surface area contributed by atoms with Crippen LogP contribution >= 0.6 is 27.5 Å². The number of aromatic nitrogens is 2. The van der Waals surface area contributed by atoms with E-state index in [0.717, 1.165) is 11.8 Å². The molecule has 1 heterocycles. The molecule has 2 nitrogen and oxygen atoms in total. The van der Waals surface area contributed by atoms with Crippen LogP contribution in [0.25, 0.3) is 11.4 Å². The average Bonchev–Trinajstić information content (AvgIpc) is 2.34. The molecular weight excluding hydrogens is 350 g/mol. The summed E-state index contributed by atoms with van der Waals surface area (Å²) in [5.41, 5.74) is 0.855. The predicted molar refractivity (Wildman–Crippen MR) is 78.8 cm³/mol. The molecule has 106 valence electrons. The maximum absolute atomic E-state index is 13.6. The predicted octanol–water partition coefficient (Wildman–Crippen LogP) is 5.14. The molecule has 0 saturated heterocycles. The standard InChI is InChI=1S/C14H12BrClF2N2/c1-14(2,3)9-6-10(16)20-13(19-9)7-4-5-8(17)12(18)11(7)15/h4-6H,1-3H3. The normalized spacial score (nSPS) is 11.8. The Morgan fingerprint density at radius 1 is 1.15 bits per heavy atom. The second-order valence-corrected chi connectivity index (χ2v) is 6.55. The lowest BCUT2D eigenvalue weighted by molar-refractivity contribution is 0.504. The van der Waals surface area contributed by atoms with E-state index < -0.39 is 11.6 Å². The van der Waals surface area contributed by atoms with Crippen molar-refractivity contribution in [3.63, 3.8) is 0 Å². The van der Waals surface area contributed by atoms with Gasteiger partial charge in [-0.3, -0.25) is 0 Å². The number of nitrogens with zero attached hydrogens (tertiary/aromatic N) is 2. The van der Waals surface area contributed by atoms with Gasteiger partial charge < -0.3 is 0 Å². The van der Waals surface area contributed by atoms with Crippen molar-refractivity contribution in [2.24, 2.45) is 0 Å². The van der Waals surface area contributed by atoms with Crippen LogP contribution < -0.4 is 0 Å². The summed E-state index contributed by atoms with van der Waals surface area (Å²) >= 11 is 9.02. The quantitative estimate of drug-likeness (QED) is 0.519. The van der Waals surface area contributed by atoms with Gasteiger partial charge in [0.25, 0.3) is 0 Å². The van der Waals surface area contributed by atoms with Crippen molar-refractivity contribution >= 4 is 27.5 Å². The molecule has 0 spiro atoms. The third-order valence-corrected chi connectivity index (χ3v) is 3.71. The molecule has 0 saturated carbocycles. The van der Waals surface area contributed by atoms with E-state index in [-0.39, 0.29) is 20.9 Å². The molecule has 2 aromatic rings. The monoisotopic (exact) mass is 360 g/mol.